The number of hydrogen-bond donors (Lipinski definition) is 1. The van der Waals surface area contributed by atoms with E-state index >= 15 is 0 Å². The highest BCUT2D eigenvalue weighted by atomic mass is 32.2. The van der Waals surface area contributed by atoms with Crippen LogP contribution in [-0.2, 0) is 0 Å². The number of nitrogens with zero attached hydrogens (tertiary/aromatic N) is 1. The summed E-state index contributed by atoms with van der Waals surface area (Å²) in [6, 6.07) is 0. The third kappa shape index (κ3) is 4.65. The molecule has 0 amide bonds. The Morgan fingerprint density at radius 1 is 1.56 bits per heavy atom. The maximum atomic E-state index is 9.94. The van der Waals surface area contributed by atoms with Gasteiger partial charge < -0.3 is 10.4 Å². The van der Waals surface area contributed by atoms with E-state index in [1.807, 2.05) is 12.5 Å². The van der Waals surface area contributed by atoms with Crippen molar-refractivity contribution in [2.75, 3.05) is 12.5 Å². The average molecular weight is 166 g/mol. The Morgan fingerprint density at radius 2 is 2.00 bits per heavy atom. The van der Waals surface area contributed by atoms with Crippen LogP contribution in [0.5, 0.6) is 0 Å². The minimum Gasteiger partial charge on any atom is -0.734 e. The lowest BCUT2D eigenvalue weighted by Crippen LogP contribution is -1.98. The molecule has 0 fully saturated rings. The normalized spacial score (nSPS) is 8.89. The molecule has 0 radical (unpaired) electrons. The second-order valence-corrected chi connectivity index (χ2v) is 3.11. The third-order valence-electron chi connectivity index (χ3n) is 0.618. The van der Waals surface area contributed by atoms with E-state index in [0.717, 1.165) is 10.4 Å². The van der Waals surface area contributed by atoms with Gasteiger partial charge in [0.2, 0.25) is 0 Å². The van der Waals surface area contributed by atoms with E-state index in [1.165, 1.54) is 23.5 Å². The van der Waals surface area contributed by atoms with E-state index in [9.17, 15) is 5.21 Å². The Hall–Kier alpha value is 0.160. The van der Waals surface area contributed by atoms with Crippen LogP contribution in [-0.4, -0.2) is 22.9 Å². The predicted octanol–water partition coefficient (Wildman–Crippen LogP) is 1.70. The first-order chi connectivity index (χ1) is 4.20. The molecule has 1 N–H and O–H groups in total. The molecule has 0 aromatic carbocycles. The van der Waals surface area contributed by atoms with E-state index < -0.39 is 0 Å². The summed E-state index contributed by atoms with van der Waals surface area (Å²) >= 11 is 2.84. The number of hydrogen-bond acceptors (Lipinski definition) is 5. The lowest BCUT2D eigenvalue weighted by molar-refractivity contribution is 0.0119. The molecule has 0 unspecified atom stereocenters. The molecule has 0 aromatic heterocycles. The van der Waals surface area contributed by atoms with Gasteiger partial charge in [-0.3, -0.25) is 5.21 Å². The van der Waals surface area contributed by atoms with E-state index in [2.05, 4.69) is 0 Å². The van der Waals surface area contributed by atoms with Crippen LogP contribution < -0.4 is 0 Å². The average Bonchev–Trinajstić information content (AvgIpc) is 1.82. The molecule has 5 heteroatoms. The van der Waals surface area contributed by atoms with Gasteiger partial charge in [-0.05, 0) is 12.5 Å². The van der Waals surface area contributed by atoms with Crippen molar-refractivity contribution < 1.29 is 5.21 Å². The van der Waals surface area contributed by atoms with Gasteiger partial charge in [0.1, 0.15) is 0 Å². The van der Waals surface area contributed by atoms with E-state index in [4.69, 9.17) is 5.21 Å². The van der Waals surface area contributed by atoms with Crippen molar-refractivity contribution in [1.29, 1.82) is 0 Å². The predicted molar refractivity (Wildman–Crippen MR) is 42.1 cm³/mol. The van der Waals surface area contributed by atoms with Crippen LogP contribution in [0.25, 0.3) is 0 Å². The molecular weight excluding hydrogens is 158 g/mol. The highest BCUT2D eigenvalue weighted by Gasteiger charge is 1.88. The van der Waals surface area contributed by atoms with Crippen molar-refractivity contribution in [2.45, 2.75) is 0 Å². The molecule has 0 aliphatic heterocycles. The fourth-order valence-electron chi connectivity index (χ4n) is 0.279. The summed E-state index contributed by atoms with van der Waals surface area (Å²) in [6.07, 6.45) is 4.80. The Morgan fingerprint density at radius 3 is 2.11 bits per heavy atom. The fourth-order valence-corrected chi connectivity index (χ4v) is 1.34. The zero-order valence-corrected chi connectivity index (χ0v) is 6.83. The molecule has 0 aromatic rings. The molecule has 0 rings (SSSR count). The zero-order chi connectivity index (χ0) is 7.28. The Bertz CT molecular complexity index is 98.7. The molecule has 0 saturated carbocycles. The van der Waals surface area contributed by atoms with Crippen LogP contribution in [0.4, 0.5) is 0 Å². The largest absolute Gasteiger partial charge is 0.734 e. The summed E-state index contributed by atoms with van der Waals surface area (Å²) < 4.78 is 0.785. The standard InChI is InChI=1S/C4H8NO2S2/c1-8-4(9-2)3-5(6)7/h3,6H,1-2H3/q-1. The molecule has 0 saturated heterocycles. The minimum atomic E-state index is -0.192. The lowest BCUT2D eigenvalue weighted by atomic mass is 11.0. The maximum Gasteiger partial charge on any atom is 0.0570 e. The topological polar surface area (TPSA) is 46.5 Å². The first-order valence-corrected chi connectivity index (χ1v) is 4.60. The third-order valence-corrected chi connectivity index (χ3v) is 2.63. The molecule has 54 valence electrons. The summed E-state index contributed by atoms with van der Waals surface area (Å²) in [5.41, 5.74) is 0. The zero-order valence-electron chi connectivity index (χ0n) is 5.20. The number of hydroxylamine groups is 2. The molecular formula is C4H8NO2S2-. The fraction of sp³-hybridized carbons (Fsp3) is 0.500. The summed E-state index contributed by atoms with van der Waals surface area (Å²) in [5, 5.41) is 17.9. The van der Waals surface area contributed by atoms with Gasteiger partial charge >= 0.3 is 0 Å². The monoisotopic (exact) mass is 166 g/mol. The lowest BCUT2D eigenvalue weighted by Gasteiger charge is -2.16. The molecule has 9 heavy (non-hydrogen) atoms. The first-order valence-electron chi connectivity index (χ1n) is 2.15. The number of thioether (sulfide) groups is 2. The molecule has 0 atom stereocenters. The molecule has 0 aliphatic carbocycles. The molecule has 0 heterocycles. The van der Waals surface area contributed by atoms with Gasteiger partial charge in [-0.2, -0.15) is 0 Å². The van der Waals surface area contributed by atoms with Crippen LogP contribution in [0, 0.1) is 5.21 Å². The molecule has 0 spiro atoms. The van der Waals surface area contributed by atoms with Gasteiger partial charge in [0.25, 0.3) is 0 Å². The smallest absolute Gasteiger partial charge is 0.0570 e. The van der Waals surface area contributed by atoms with Crippen molar-refractivity contribution in [3.8, 4) is 0 Å². The van der Waals surface area contributed by atoms with Gasteiger partial charge in [0.05, 0.1) is 4.24 Å². The summed E-state index contributed by atoms with van der Waals surface area (Å²) in [4.78, 5) is 0. The van der Waals surface area contributed by atoms with Crippen LogP contribution in [0.1, 0.15) is 0 Å². The molecule has 3 nitrogen and oxygen atoms in total. The second kappa shape index (κ2) is 4.99. The van der Waals surface area contributed by atoms with Crippen molar-refractivity contribution in [2.24, 2.45) is 0 Å². The van der Waals surface area contributed by atoms with Crippen molar-refractivity contribution in [1.82, 2.24) is 5.23 Å². The van der Waals surface area contributed by atoms with E-state index in [1.54, 1.807) is 0 Å². The summed E-state index contributed by atoms with van der Waals surface area (Å²) in [7, 11) is 0. The summed E-state index contributed by atoms with van der Waals surface area (Å²) in [6.45, 7) is 0. The Labute approximate surface area is 62.6 Å². The first kappa shape index (κ1) is 9.16. The van der Waals surface area contributed by atoms with Crippen LogP contribution in [0.3, 0.4) is 0 Å². The highest BCUT2D eigenvalue weighted by Crippen LogP contribution is 2.22. The van der Waals surface area contributed by atoms with Crippen molar-refractivity contribution in [3.05, 3.63) is 15.6 Å². The highest BCUT2D eigenvalue weighted by molar-refractivity contribution is 8.21. The van der Waals surface area contributed by atoms with Crippen molar-refractivity contribution in [3.63, 3.8) is 0 Å². The Kier molecular flexibility index (Phi) is 5.07. The minimum absolute atomic E-state index is 0.192. The van der Waals surface area contributed by atoms with E-state index in [-0.39, 0.29) is 5.23 Å². The molecule has 0 aliphatic rings. The summed E-state index contributed by atoms with van der Waals surface area (Å²) in [5.74, 6) is 0. The quantitative estimate of drug-likeness (QED) is 0.646. The van der Waals surface area contributed by atoms with Crippen LogP contribution in [0.2, 0.25) is 0 Å². The van der Waals surface area contributed by atoms with Gasteiger partial charge in [-0.15, -0.1) is 23.5 Å². The number of rotatable bonds is 3. The van der Waals surface area contributed by atoms with E-state index in [0.29, 0.717) is 0 Å². The second-order valence-electron chi connectivity index (χ2n) is 1.16. The van der Waals surface area contributed by atoms with Gasteiger partial charge in [0.15, 0.2) is 0 Å². The van der Waals surface area contributed by atoms with Gasteiger partial charge in [-0.1, -0.05) is 0 Å². The van der Waals surface area contributed by atoms with Crippen LogP contribution in [0.15, 0.2) is 10.4 Å². The maximum absolute atomic E-state index is 9.94. The van der Waals surface area contributed by atoms with Crippen molar-refractivity contribution >= 4 is 23.5 Å². The van der Waals surface area contributed by atoms with Gasteiger partial charge in [0, 0.05) is 6.20 Å². The van der Waals surface area contributed by atoms with Crippen LogP contribution >= 0.6 is 23.5 Å². The Balaban J connectivity index is 3.75. The molecule has 0 bridgehead atoms. The van der Waals surface area contributed by atoms with Gasteiger partial charge in [-0.25, -0.2) is 0 Å². The SMILES string of the molecule is CSC(=CN([O-])O)SC.